The Morgan fingerprint density at radius 1 is 1.09 bits per heavy atom. The Morgan fingerprint density at radius 3 is 2.18 bits per heavy atom. The molecule has 1 aromatic rings. The van der Waals surface area contributed by atoms with Crippen LogP contribution in [0.4, 0.5) is 0 Å². The van der Waals surface area contributed by atoms with Crippen LogP contribution in [0.2, 0.25) is 18.1 Å². The molecule has 0 aliphatic carbocycles. The summed E-state index contributed by atoms with van der Waals surface area (Å²) in [6, 6.07) is 13.8. The van der Waals surface area contributed by atoms with Crippen LogP contribution in [0.3, 0.4) is 0 Å². The highest BCUT2D eigenvalue weighted by atomic mass is 28.4. The van der Waals surface area contributed by atoms with Gasteiger partial charge in [-0.3, -0.25) is 0 Å². The highest BCUT2D eigenvalue weighted by Gasteiger charge is 2.33. The average molecular weight is 321 g/mol. The minimum atomic E-state index is -1.62. The molecule has 0 aliphatic rings. The summed E-state index contributed by atoms with van der Waals surface area (Å²) in [7, 11) is -1.62. The van der Waals surface area contributed by atoms with Crippen molar-refractivity contribution in [3.63, 3.8) is 0 Å². The van der Waals surface area contributed by atoms with Gasteiger partial charge in [0.15, 0.2) is 8.32 Å². The summed E-state index contributed by atoms with van der Waals surface area (Å²) in [6.07, 6.45) is 2.10. The monoisotopic (exact) mass is 320 g/mol. The van der Waals surface area contributed by atoms with E-state index in [4.69, 9.17) is 9.16 Å². The van der Waals surface area contributed by atoms with Crippen molar-refractivity contribution in [1.29, 1.82) is 0 Å². The molecule has 0 unspecified atom stereocenters. The van der Waals surface area contributed by atoms with E-state index in [2.05, 4.69) is 46.4 Å². The van der Waals surface area contributed by atoms with E-state index in [0.29, 0.717) is 19.1 Å². The molecule has 0 aromatic heterocycles. The SMILES string of the molecule is C=C[C@H](C)[C@H](COCc1ccccc1)O[Si](CC)(CC)CC. The molecule has 0 saturated carbocycles. The number of ether oxygens (including phenoxy) is 1. The van der Waals surface area contributed by atoms with Crippen LogP contribution < -0.4 is 0 Å². The lowest BCUT2D eigenvalue weighted by atomic mass is 10.1. The van der Waals surface area contributed by atoms with Crippen LogP contribution in [0.15, 0.2) is 43.0 Å². The molecular formula is C19H32O2Si. The van der Waals surface area contributed by atoms with Crippen molar-refractivity contribution >= 4 is 8.32 Å². The standard InChI is InChI=1S/C19H32O2Si/c1-6-17(5)19(21-22(7-2,8-3)9-4)16-20-15-18-13-11-10-12-14-18/h6,10-14,17,19H,1,7-9,15-16H2,2-5H3/t17-,19-/m0/s1. The lowest BCUT2D eigenvalue weighted by molar-refractivity contribution is 0.0195. The van der Waals surface area contributed by atoms with Crippen molar-refractivity contribution in [3.05, 3.63) is 48.6 Å². The Kier molecular flexibility index (Phi) is 8.69. The summed E-state index contributed by atoms with van der Waals surface area (Å²) in [5.41, 5.74) is 1.21. The fourth-order valence-corrected chi connectivity index (χ4v) is 5.56. The summed E-state index contributed by atoms with van der Waals surface area (Å²) in [4.78, 5) is 0. The first-order valence-electron chi connectivity index (χ1n) is 8.52. The summed E-state index contributed by atoms with van der Waals surface area (Å²) < 4.78 is 12.6. The Bertz CT molecular complexity index is 406. The number of rotatable bonds is 11. The molecule has 0 amide bonds. The molecule has 1 rings (SSSR count). The van der Waals surface area contributed by atoms with Gasteiger partial charge in [0.25, 0.3) is 0 Å². The van der Waals surface area contributed by atoms with E-state index < -0.39 is 8.32 Å². The molecule has 2 atom stereocenters. The Labute approximate surface area is 137 Å². The maximum Gasteiger partial charge on any atom is 0.192 e. The van der Waals surface area contributed by atoms with Gasteiger partial charge in [0.2, 0.25) is 0 Å². The quantitative estimate of drug-likeness (QED) is 0.400. The van der Waals surface area contributed by atoms with E-state index in [9.17, 15) is 0 Å². The van der Waals surface area contributed by atoms with Crippen LogP contribution in [0.5, 0.6) is 0 Å². The first kappa shape index (κ1) is 19.1. The summed E-state index contributed by atoms with van der Waals surface area (Å²) in [6.45, 7) is 14.2. The van der Waals surface area contributed by atoms with E-state index in [1.54, 1.807) is 0 Å². The summed E-state index contributed by atoms with van der Waals surface area (Å²) in [5.74, 6) is 0.312. The maximum absolute atomic E-state index is 6.62. The second-order valence-corrected chi connectivity index (χ2v) is 10.7. The summed E-state index contributed by atoms with van der Waals surface area (Å²) >= 11 is 0. The topological polar surface area (TPSA) is 18.5 Å². The van der Waals surface area contributed by atoms with Gasteiger partial charge in [-0.2, -0.15) is 0 Å². The molecule has 1 aromatic carbocycles. The summed E-state index contributed by atoms with van der Waals surface area (Å²) in [5, 5.41) is 0. The first-order chi connectivity index (χ1) is 10.6. The molecule has 0 heterocycles. The zero-order chi connectivity index (χ0) is 16.4. The lowest BCUT2D eigenvalue weighted by Crippen LogP contribution is -2.43. The van der Waals surface area contributed by atoms with Crippen molar-refractivity contribution in [1.82, 2.24) is 0 Å². The van der Waals surface area contributed by atoms with Crippen molar-refractivity contribution in [2.45, 2.75) is 58.5 Å². The molecule has 0 spiro atoms. The Hall–Kier alpha value is -0.903. The normalized spacial score (nSPS) is 14.5. The molecule has 0 bridgehead atoms. The molecule has 0 aliphatic heterocycles. The highest BCUT2D eigenvalue weighted by Crippen LogP contribution is 2.26. The zero-order valence-corrected chi connectivity index (χ0v) is 15.7. The van der Waals surface area contributed by atoms with Crippen LogP contribution >= 0.6 is 0 Å². The van der Waals surface area contributed by atoms with Crippen LogP contribution in [-0.2, 0) is 15.8 Å². The van der Waals surface area contributed by atoms with Crippen molar-refractivity contribution in [3.8, 4) is 0 Å². The Balaban J connectivity index is 2.62. The van der Waals surface area contributed by atoms with Crippen molar-refractivity contribution in [2.24, 2.45) is 5.92 Å². The van der Waals surface area contributed by atoms with Crippen LogP contribution in [0, 0.1) is 5.92 Å². The zero-order valence-electron chi connectivity index (χ0n) is 14.7. The van der Waals surface area contributed by atoms with Gasteiger partial charge in [-0.25, -0.2) is 0 Å². The predicted octanol–water partition coefficient (Wildman–Crippen LogP) is 5.42. The number of hydrogen-bond acceptors (Lipinski definition) is 2. The highest BCUT2D eigenvalue weighted by molar-refractivity contribution is 6.73. The van der Waals surface area contributed by atoms with Gasteiger partial charge in [-0.1, -0.05) is 64.1 Å². The molecule has 3 heteroatoms. The van der Waals surface area contributed by atoms with Crippen molar-refractivity contribution in [2.75, 3.05) is 6.61 Å². The smallest absolute Gasteiger partial charge is 0.192 e. The average Bonchev–Trinajstić information content (AvgIpc) is 2.58. The van der Waals surface area contributed by atoms with E-state index in [0.717, 1.165) is 0 Å². The lowest BCUT2D eigenvalue weighted by Gasteiger charge is -2.35. The maximum atomic E-state index is 6.62. The van der Waals surface area contributed by atoms with E-state index in [-0.39, 0.29) is 6.10 Å². The molecule has 22 heavy (non-hydrogen) atoms. The van der Waals surface area contributed by atoms with Crippen LogP contribution in [0.1, 0.15) is 33.3 Å². The van der Waals surface area contributed by atoms with Gasteiger partial charge in [0.05, 0.1) is 19.3 Å². The minimum Gasteiger partial charge on any atom is -0.411 e. The molecule has 0 fully saturated rings. The van der Waals surface area contributed by atoms with Gasteiger partial charge in [0.1, 0.15) is 0 Å². The van der Waals surface area contributed by atoms with E-state index in [1.165, 1.54) is 23.7 Å². The fraction of sp³-hybridized carbons (Fsp3) is 0.579. The fourth-order valence-electron chi connectivity index (χ4n) is 2.63. The number of benzene rings is 1. The second kappa shape index (κ2) is 9.98. The van der Waals surface area contributed by atoms with Crippen LogP contribution in [0.25, 0.3) is 0 Å². The molecular weight excluding hydrogens is 288 g/mol. The largest absolute Gasteiger partial charge is 0.411 e. The molecule has 0 N–H and O–H groups in total. The van der Waals surface area contributed by atoms with Gasteiger partial charge in [-0.05, 0) is 23.7 Å². The Morgan fingerprint density at radius 2 is 1.68 bits per heavy atom. The predicted molar refractivity (Wildman–Crippen MR) is 97.5 cm³/mol. The van der Waals surface area contributed by atoms with Gasteiger partial charge in [0, 0.05) is 5.92 Å². The van der Waals surface area contributed by atoms with Gasteiger partial charge >= 0.3 is 0 Å². The third-order valence-corrected chi connectivity index (χ3v) is 9.36. The van der Waals surface area contributed by atoms with Crippen molar-refractivity contribution < 1.29 is 9.16 Å². The van der Waals surface area contributed by atoms with E-state index in [1.807, 2.05) is 24.3 Å². The van der Waals surface area contributed by atoms with Gasteiger partial charge in [-0.15, -0.1) is 6.58 Å². The molecule has 0 radical (unpaired) electrons. The third-order valence-electron chi connectivity index (χ3n) is 4.69. The minimum absolute atomic E-state index is 0.118. The molecule has 2 nitrogen and oxygen atoms in total. The van der Waals surface area contributed by atoms with Gasteiger partial charge < -0.3 is 9.16 Å². The number of hydrogen-bond donors (Lipinski definition) is 0. The molecule has 124 valence electrons. The van der Waals surface area contributed by atoms with E-state index >= 15 is 0 Å². The second-order valence-electron chi connectivity index (χ2n) is 6.00. The third kappa shape index (κ3) is 5.71. The van der Waals surface area contributed by atoms with Crippen LogP contribution in [-0.4, -0.2) is 21.0 Å². The first-order valence-corrected chi connectivity index (χ1v) is 11.1. The molecule has 0 saturated heterocycles.